The largest absolute Gasteiger partial charge is 0.428 e. The zero-order valence-corrected chi connectivity index (χ0v) is 54.3. The lowest BCUT2D eigenvalue weighted by Crippen LogP contribution is -2.28. The fraction of sp³-hybridized carbons (Fsp3) is 0.737. The molecule has 0 unspecified atom stereocenters. The quantitative estimate of drug-likeness (QED) is 0.0503. The smallest absolute Gasteiger partial charge is 0.314 e. The van der Waals surface area contributed by atoms with Crippen molar-refractivity contribution in [2.75, 3.05) is 38.0 Å². The number of esters is 6. The van der Waals surface area contributed by atoms with Crippen molar-refractivity contribution >= 4 is 72.8 Å². The highest BCUT2D eigenvalue weighted by Gasteiger charge is 2.30. The van der Waals surface area contributed by atoms with Crippen molar-refractivity contribution < 1.29 is 88.4 Å². The summed E-state index contributed by atoms with van der Waals surface area (Å²) in [6, 6.07) is 0. The Bertz CT molecular complexity index is 1980. The van der Waals surface area contributed by atoms with E-state index in [9.17, 15) is 60.0 Å². The second-order valence-corrected chi connectivity index (χ2v) is 27.5. The van der Waals surface area contributed by atoms with Crippen LogP contribution in [0, 0.1) is 45.3 Å². The van der Waals surface area contributed by atoms with Crippen LogP contribution in [0.1, 0.15) is 192 Å². The van der Waals surface area contributed by atoms with Crippen LogP contribution in [0.2, 0.25) is 0 Å². The van der Waals surface area contributed by atoms with Crippen molar-refractivity contribution in [2.45, 2.75) is 192 Å². The number of sulfone groups is 2. The standard InChI is InChI=1S/C11H20O4.C11H20O.C9H16O4.C9H16O.C7H12O4.C7H12O.C3H8O4S2/c1-10(2,3)8(12)14-7-15-9(13)11(4,5)6;1-8(10(2,3)4)9(12)11(5,6)7;1-6(2)8(10)12-5-13-9(11)7(3)4;1-6(2)8(5)9(10)7(3)4;1-3-6(8)10-5-11-7(9)4-2;1-4-6(3)7(8)5-2;1-8(4,5)3-9(2,6)7/h7H2,1-6H3;1H2,2-7H3;6-7H,5H2,1-4H3;6-7H,5H2,1-4H3;3-5H2,1-2H3;3-5H2,1-2H3;3H2,1-2H3. The average Bonchev–Trinajstić information content (AvgIpc) is 3.28. The van der Waals surface area contributed by atoms with Gasteiger partial charge in [0.1, 0.15) is 0 Å². The molecule has 0 aliphatic heterocycles. The van der Waals surface area contributed by atoms with Crippen molar-refractivity contribution in [2.24, 2.45) is 45.3 Å². The minimum Gasteiger partial charge on any atom is -0.428 e. The van der Waals surface area contributed by atoms with E-state index in [1.54, 1.807) is 83.1 Å². The lowest BCUT2D eigenvalue weighted by Gasteiger charge is -2.26. The molecule has 0 heterocycles. The Labute approximate surface area is 471 Å². The lowest BCUT2D eigenvalue weighted by atomic mass is 9.76. The fourth-order valence-electron chi connectivity index (χ4n) is 3.70. The van der Waals surface area contributed by atoms with Gasteiger partial charge >= 0.3 is 35.8 Å². The van der Waals surface area contributed by atoms with Gasteiger partial charge in [-0.2, -0.15) is 0 Å². The molecule has 0 aromatic heterocycles. The summed E-state index contributed by atoms with van der Waals surface area (Å²) < 4.78 is 68.9. The Morgan fingerprint density at radius 1 is 0.410 bits per heavy atom. The van der Waals surface area contributed by atoms with Gasteiger partial charge in [-0.1, -0.05) is 144 Å². The van der Waals surface area contributed by atoms with Crippen molar-refractivity contribution in [3.8, 4) is 0 Å². The highest BCUT2D eigenvalue weighted by atomic mass is 32.3. The summed E-state index contributed by atoms with van der Waals surface area (Å²) >= 11 is 0. The van der Waals surface area contributed by atoms with Crippen molar-refractivity contribution in [3.05, 3.63) is 36.5 Å². The van der Waals surface area contributed by atoms with Gasteiger partial charge in [0.2, 0.25) is 20.4 Å². The molecule has 0 rings (SSSR count). The Morgan fingerprint density at radius 3 is 0.872 bits per heavy atom. The van der Waals surface area contributed by atoms with Gasteiger partial charge in [-0.05, 0) is 76.0 Å². The average molecular weight is 1160 g/mol. The summed E-state index contributed by atoms with van der Waals surface area (Å²) in [7, 11) is -6.74. The number of ether oxygens (including phenoxy) is 6. The molecular formula is C57H104O19S2. The Balaban J connectivity index is -0.000000152. The third-order valence-corrected chi connectivity index (χ3v) is 12.4. The van der Waals surface area contributed by atoms with Crippen LogP contribution in [0.15, 0.2) is 36.5 Å². The van der Waals surface area contributed by atoms with E-state index in [4.69, 9.17) is 9.47 Å². The molecule has 0 spiro atoms. The van der Waals surface area contributed by atoms with Gasteiger partial charge in [0, 0.05) is 43.1 Å². The van der Waals surface area contributed by atoms with Gasteiger partial charge in [-0.25, -0.2) is 16.8 Å². The van der Waals surface area contributed by atoms with Crippen LogP contribution in [-0.4, -0.2) is 108 Å². The first-order valence-electron chi connectivity index (χ1n) is 25.7. The van der Waals surface area contributed by atoms with Gasteiger partial charge in [0.05, 0.1) is 22.7 Å². The molecule has 0 N–H and O–H groups in total. The Morgan fingerprint density at radius 2 is 0.718 bits per heavy atom. The maximum Gasteiger partial charge on any atom is 0.314 e. The van der Waals surface area contributed by atoms with Crippen molar-refractivity contribution in [1.82, 2.24) is 0 Å². The number of rotatable bonds is 19. The van der Waals surface area contributed by atoms with E-state index in [1.807, 2.05) is 83.1 Å². The third kappa shape index (κ3) is 55.7. The van der Waals surface area contributed by atoms with Crippen molar-refractivity contribution in [3.63, 3.8) is 0 Å². The van der Waals surface area contributed by atoms with Crippen LogP contribution < -0.4 is 0 Å². The van der Waals surface area contributed by atoms with E-state index in [1.165, 1.54) is 0 Å². The second kappa shape index (κ2) is 41.9. The molecule has 0 fully saturated rings. The number of hydrogen-bond donors (Lipinski definition) is 0. The minimum atomic E-state index is -3.37. The van der Waals surface area contributed by atoms with Gasteiger partial charge in [-0.15, -0.1) is 0 Å². The van der Waals surface area contributed by atoms with E-state index in [2.05, 4.69) is 38.7 Å². The van der Waals surface area contributed by atoms with E-state index in [0.29, 0.717) is 19.3 Å². The summed E-state index contributed by atoms with van der Waals surface area (Å²) in [5, 5.41) is -0.764. The topological polar surface area (TPSA) is 277 Å². The zero-order valence-electron chi connectivity index (χ0n) is 52.7. The predicted octanol–water partition coefficient (Wildman–Crippen LogP) is 10.9. The normalized spacial score (nSPS) is 11.1. The fourth-order valence-corrected chi connectivity index (χ4v) is 6.81. The number of carbonyl (C=O) groups excluding carboxylic acids is 9. The highest BCUT2D eigenvalue weighted by molar-refractivity contribution is 8.07. The lowest BCUT2D eigenvalue weighted by molar-refractivity contribution is -0.178. The van der Waals surface area contributed by atoms with E-state index >= 15 is 0 Å². The van der Waals surface area contributed by atoms with Crippen LogP contribution in [0.25, 0.3) is 0 Å². The van der Waals surface area contributed by atoms with Gasteiger partial charge < -0.3 is 28.4 Å². The van der Waals surface area contributed by atoms with Crippen LogP contribution in [-0.2, 0) is 91.2 Å². The molecule has 0 saturated carbocycles. The maximum atomic E-state index is 11.7. The summed E-state index contributed by atoms with van der Waals surface area (Å²) in [5.41, 5.74) is 0.647. The summed E-state index contributed by atoms with van der Waals surface area (Å²) in [6.07, 6.45) is 3.73. The molecule has 0 aromatic carbocycles. The number of allylic oxidation sites excluding steroid dienone is 3. The molecule has 0 saturated heterocycles. The van der Waals surface area contributed by atoms with E-state index in [0.717, 1.165) is 35.7 Å². The number of carbonyl (C=O) groups is 9. The predicted molar refractivity (Wildman–Crippen MR) is 306 cm³/mol. The molecule has 0 atom stereocenters. The number of ketones is 3. The van der Waals surface area contributed by atoms with Crippen molar-refractivity contribution in [1.29, 1.82) is 0 Å². The SMILES string of the molecule is C=C(C(=O)C(C)(C)C)C(C)(C)C.C=C(C(=O)C(C)C)C(C)C.C=C(CC)C(=O)CC.CC(C)(C)C(=O)OCOC(=O)C(C)(C)C.CC(C)C(=O)OCOC(=O)C(C)C.CCC(=O)OCOC(=O)CC.CS(=O)(=O)CS(C)(=O)=O. The molecule has 0 aliphatic rings. The zero-order chi connectivity index (χ0) is 64.1. The van der Waals surface area contributed by atoms with E-state index in [-0.39, 0.29) is 108 Å². The highest BCUT2D eigenvalue weighted by Crippen LogP contribution is 2.30. The van der Waals surface area contributed by atoms with Gasteiger partial charge in [0.15, 0.2) is 42.1 Å². The van der Waals surface area contributed by atoms with Crippen LogP contribution in [0.5, 0.6) is 0 Å². The van der Waals surface area contributed by atoms with Gasteiger partial charge in [0.25, 0.3) is 0 Å². The minimum absolute atomic E-state index is 0.0925. The Hall–Kier alpha value is -5.05. The second-order valence-electron chi connectivity index (χ2n) is 22.9. The molecule has 78 heavy (non-hydrogen) atoms. The molecular weight excluding hydrogens is 1050 g/mol. The monoisotopic (exact) mass is 1160 g/mol. The molecule has 0 radical (unpaired) electrons. The molecule has 19 nitrogen and oxygen atoms in total. The molecule has 0 aromatic rings. The molecule has 21 heteroatoms. The Kier molecular flexibility index (Phi) is 46.7. The van der Waals surface area contributed by atoms with Crippen LogP contribution >= 0.6 is 0 Å². The number of hydrogen-bond acceptors (Lipinski definition) is 19. The number of Topliss-reactive ketones (excluding diaryl/α,β-unsaturated/α-hetero) is 3. The summed E-state index contributed by atoms with van der Waals surface area (Å²) in [6.45, 7) is 54.3. The molecule has 0 aliphatic carbocycles. The molecule has 458 valence electrons. The maximum absolute atomic E-state index is 11.7. The first-order valence-corrected chi connectivity index (χ1v) is 29.8. The molecule has 0 bridgehead atoms. The summed E-state index contributed by atoms with van der Waals surface area (Å²) in [4.78, 5) is 98.8. The van der Waals surface area contributed by atoms with E-state index < -0.39 is 35.6 Å². The third-order valence-electron chi connectivity index (χ3n) is 8.94. The van der Waals surface area contributed by atoms with Crippen LogP contribution in [0.3, 0.4) is 0 Å². The van der Waals surface area contributed by atoms with Gasteiger partial charge in [-0.3, -0.25) is 43.2 Å². The first-order chi connectivity index (χ1) is 34.7. The first kappa shape index (κ1) is 86.8. The molecule has 0 amide bonds. The van der Waals surface area contributed by atoms with Crippen LogP contribution in [0.4, 0.5) is 0 Å². The summed E-state index contributed by atoms with van der Waals surface area (Å²) in [5.74, 6) is -1.71.